The van der Waals surface area contributed by atoms with Crippen LogP contribution >= 0.6 is 0 Å². The zero-order valence-corrected chi connectivity index (χ0v) is 10.1. The van der Waals surface area contributed by atoms with Gasteiger partial charge in [-0.3, -0.25) is 0 Å². The van der Waals surface area contributed by atoms with Crippen LogP contribution in [0.25, 0.3) is 0 Å². The molecule has 1 heterocycles. The van der Waals surface area contributed by atoms with Crippen LogP contribution in [0.3, 0.4) is 0 Å². The lowest BCUT2D eigenvalue weighted by Gasteiger charge is -2.38. The minimum Gasteiger partial charge on any atom is -0.395 e. The summed E-state index contributed by atoms with van der Waals surface area (Å²) in [6.45, 7) is 0.467. The van der Waals surface area contributed by atoms with Crippen LogP contribution in [0.4, 0.5) is 0 Å². The topological polar surface area (TPSA) is 82.0 Å². The fourth-order valence-electron chi connectivity index (χ4n) is 2.12. The van der Waals surface area contributed by atoms with Gasteiger partial charge in [0.05, 0.1) is 25.4 Å². The summed E-state index contributed by atoms with van der Waals surface area (Å²) in [5.74, 6) is 0. The van der Waals surface area contributed by atoms with E-state index in [-0.39, 0.29) is 19.2 Å². The van der Waals surface area contributed by atoms with E-state index in [9.17, 15) is 15.3 Å². The summed E-state index contributed by atoms with van der Waals surface area (Å²) in [7, 11) is 0. The van der Waals surface area contributed by atoms with Gasteiger partial charge in [0.1, 0.15) is 12.2 Å². The molecule has 0 bridgehead atoms. The standard InChI is InChI=1S/C13H19NO4/c15-7-10-13(12(17)11(16)6-14-10)18-8-9-4-2-1-3-5-9/h1-5,10-17H,6-8H2/t10-,11-,12+,13-/m0/s1. The van der Waals surface area contributed by atoms with Crippen LogP contribution in [0.15, 0.2) is 30.3 Å². The lowest BCUT2D eigenvalue weighted by Crippen LogP contribution is -2.61. The van der Waals surface area contributed by atoms with E-state index in [0.717, 1.165) is 5.56 Å². The van der Waals surface area contributed by atoms with Gasteiger partial charge in [0.15, 0.2) is 0 Å². The number of rotatable bonds is 4. The lowest BCUT2D eigenvalue weighted by molar-refractivity contribution is -0.133. The molecular formula is C13H19NO4. The molecule has 0 radical (unpaired) electrons. The third kappa shape index (κ3) is 3.07. The number of aliphatic hydroxyl groups is 3. The normalized spacial score (nSPS) is 32.4. The van der Waals surface area contributed by atoms with E-state index in [1.165, 1.54) is 0 Å². The van der Waals surface area contributed by atoms with Gasteiger partial charge in [-0.15, -0.1) is 0 Å². The van der Waals surface area contributed by atoms with E-state index in [2.05, 4.69) is 5.32 Å². The van der Waals surface area contributed by atoms with Crippen molar-refractivity contribution in [1.29, 1.82) is 0 Å². The number of nitrogens with one attached hydrogen (secondary N) is 1. The molecule has 1 aliphatic rings. The Balaban J connectivity index is 1.96. The number of aliphatic hydroxyl groups excluding tert-OH is 3. The van der Waals surface area contributed by atoms with E-state index in [1.807, 2.05) is 30.3 Å². The Morgan fingerprint density at radius 2 is 1.94 bits per heavy atom. The summed E-state index contributed by atoms with van der Waals surface area (Å²) >= 11 is 0. The van der Waals surface area contributed by atoms with Crippen molar-refractivity contribution in [3.05, 3.63) is 35.9 Å². The predicted octanol–water partition coefficient (Wildman–Crippen LogP) is -0.742. The first-order valence-electron chi connectivity index (χ1n) is 6.08. The molecule has 100 valence electrons. The maximum Gasteiger partial charge on any atom is 0.109 e. The maximum atomic E-state index is 9.89. The highest BCUT2D eigenvalue weighted by atomic mass is 16.5. The summed E-state index contributed by atoms with van der Waals surface area (Å²) in [4.78, 5) is 0. The van der Waals surface area contributed by atoms with Crippen LogP contribution in [0.2, 0.25) is 0 Å². The fourth-order valence-corrected chi connectivity index (χ4v) is 2.12. The number of hydrogen-bond acceptors (Lipinski definition) is 5. The largest absolute Gasteiger partial charge is 0.395 e. The first-order valence-corrected chi connectivity index (χ1v) is 6.08. The van der Waals surface area contributed by atoms with Gasteiger partial charge in [0.25, 0.3) is 0 Å². The SMILES string of the molecule is OC[C@@H]1NC[C@H](O)[C@@H](O)[C@H]1OCc1ccccc1. The van der Waals surface area contributed by atoms with Crippen molar-refractivity contribution in [2.45, 2.75) is 31.0 Å². The molecule has 1 aliphatic heterocycles. The average molecular weight is 253 g/mol. The van der Waals surface area contributed by atoms with Crippen LogP contribution in [0.1, 0.15) is 5.56 Å². The summed E-state index contributed by atoms with van der Waals surface area (Å²) in [5.41, 5.74) is 0.987. The summed E-state index contributed by atoms with van der Waals surface area (Å²) < 4.78 is 5.62. The first kappa shape index (κ1) is 13.5. The van der Waals surface area contributed by atoms with Crippen LogP contribution in [0.5, 0.6) is 0 Å². The Bertz CT molecular complexity index is 357. The zero-order chi connectivity index (χ0) is 13.0. The van der Waals surface area contributed by atoms with Crippen LogP contribution in [-0.2, 0) is 11.3 Å². The summed E-state index contributed by atoms with van der Waals surface area (Å²) in [5, 5.41) is 31.7. The monoisotopic (exact) mass is 253 g/mol. The molecule has 5 heteroatoms. The number of benzene rings is 1. The molecular weight excluding hydrogens is 234 g/mol. The smallest absolute Gasteiger partial charge is 0.109 e. The first-order chi connectivity index (χ1) is 8.72. The van der Waals surface area contributed by atoms with E-state index < -0.39 is 18.3 Å². The van der Waals surface area contributed by atoms with Gasteiger partial charge >= 0.3 is 0 Å². The quantitative estimate of drug-likeness (QED) is 0.568. The van der Waals surface area contributed by atoms with Crippen LogP contribution in [0, 0.1) is 0 Å². The highest BCUT2D eigenvalue weighted by molar-refractivity contribution is 5.13. The van der Waals surface area contributed by atoms with Gasteiger partial charge < -0.3 is 25.4 Å². The Kier molecular flexibility index (Phi) is 4.68. The average Bonchev–Trinajstić information content (AvgIpc) is 2.41. The second-order valence-corrected chi connectivity index (χ2v) is 4.52. The van der Waals surface area contributed by atoms with Crippen molar-refractivity contribution in [3.63, 3.8) is 0 Å². The van der Waals surface area contributed by atoms with Gasteiger partial charge in [0, 0.05) is 6.54 Å². The Hall–Kier alpha value is -0.980. The molecule has 1 aromatic rings. The van der Waals surface area contributed by atoms with Crippen molar-refractivity contribution in [2.24, 2.45) is 0 Å². The molecule has 1 saturated heterocycles. The molecule has 0 unspecified atom stereocenters. The summed E-state index contributed by atoms with van der Waals surface area (Å²) in [6, 6.07) is 9.23. The highest BCUT2D eigenvalue weighted by Crippen LogP contribution is 2.16. The third-order valence-electron chi connectivity index (χ3n) is 3.20. The third-order valence-corrected chi connectivity index (χ3v) is 3.20. The molecule has 2 rings (SSSR count). The maximum absolute atomic E-state index is 9.89. The van der Waals surface area contributed by atoms with Crippen molar-refractivity contribution in [1.82, 2.24) is 5.32 Å². The fraction of sp³-hybridized carbons (Fsp3) is 0.538. The molecule has 0 amide bonds. The number of piperidine rings is 1. The van der Waals surface area contributed by atoms with Gasteiger partial charge in [-0.1, -0.05) is 30.3 Å². The van der Waals surface area contributed by atoms with Gasteiger partial charge in [-0.2, -0.15) is 0 Å². The van der Waals surface area contributed by atoms with Crippen molar-refractivity contribution in [3.8, 4) is 0 Å². The molecule has 5 nitrogen and oxygen atoms in total. The van der Waals surface area contributed by atoms with Crippen LogP contribution < -0.4 is 5.32 Å². The van der Waals surface area contributed by atoms with Crippen molar-refractivity contribution >= 4 is 0 Å². The molecule has 0 aliphatic carbocycles. The van der Waals surface area contributed by atoms with Crippen LogP contribution in [-0.4, -0.2) is 52.8 Å². The second-order valence-electron chi connectivity index (χ2n) is 4.52. The molecule has 0 saturated carbocycles. The predicted molar refractivity (Wildman–Crippen MR) is 65.9 cm³/mol. The minimum atomic E-state index is -0.980. The van der Waals surface area contributed by atoms with Crippen molar-refractivity contribution in [2.75, 3.05) is 13.2 Å². The molecule has 4 N–H and O–H groups in total. The molecule has 18 heavy (non-hydrogen) atoms. The zero-order valence-electron chi connectivity index (χ0n) is 10.1. The Labute approximate surface area is 106 Å². The number of β-amino-alcohol motifs (C(OH)–C–C–N with tert-alkyl or cyclic N) is 1. The Morgan fingerprint density at radius 3 is 2.61 bits per heavy atom. The van der Waals surface area contributed by atoms with Crippen molar-refractivity contribution < 1.29 is 20.1 Å². The van der Waals surface area contributed by atoms with E-state index in [1.54, 1.807) is 0 Å². The van der Waals surface area contributed by atoms with E-state index >= 15 is 0 Å². The molecule has 0 spiro atoms. The van der Waals surface area contributed by atoms with Gasteiger partial charge in [0.2, 0.25) is 0 Å². The lowest BCUT2D eigenvalue weighted by atomic mass is 9.96. The highest BCUT2D eigenvalue weighted by Gasteiger charge is 2.37. The second kappa shape index (κ2) is 6.26. The summed E-state index contributed by atoms with van der Waals surface area (Å²) in [6.07, 6.45) is -2.46. The van der Waals surface area contributed by atoms with E-state index in [0.29, 0.717) is 6.61 Å². The minimum absolute atomic E-state index is 0.136. The molecule has 1 aromatic carbocycles. The van der Waals surface area contributed by atoms with Gasteiger partial charge in [-0.05, 0) is 5.56 Å². The molecule has 0 aromatic heterocycles. The number of hydrogen-bond donors (Lipinski definition) is 4. The molecule has 1 fully saturated rings. The number of ether oxygens (including phenoxy) is 1. The van der Waals surface area contributed by atoms with Gasteiger partial charge in [-0.25, -0.2) is 0 Å². The van der Waals surface area contributed by atoms with E-state index in [4.69, 9.17) is 4.74 Å². The molecule has 4 atom stereocenters. The Morgan fingerprint density at radius 1 is 1.22 bits per heavy atom.